The quantitative estimate of drug-likeness (QED) is 0.804. The van der Waals surface area contributed by atoms with Crippen LogP contribution < -0.4 is 5.73 Å². The Labute approximate surface area is 103 Å². The highest BCUT2D eigenvalue weighted by atomic mass is 32.2. The number of hydrogen-bond donors (Lipinski definition) is 1. The van der Waals surface area contributed by atoms with Crippen LogP contribution in [0.1, 0.15) is 23.4 Å². The number of rotatable bonds is 6. The third-order valence-electron chi connectivity index (χ3n) is 2.84. The first-order chi connectivity index (χ1) is 7.85. The van der Waals surface area contributed by atoms with Crippen molar-refractivity contribution in [2.75, 3.05) is 18.6 Å². The first-order valence-electron chi connectivity index (χ1n) is 5.76. The van der Waals surface area contributed by atoms with Gasteiger partial charge in [0, 0.05) is 11.9 Å². The molecule has 0 bridgehead atoms. The molecule has 6 heteroatoms. The van der Waals surface area contributed by atoms with Gasteiger partial charge in [-0.05, 0) is 38.8 Å². The van der Waals surface area contributed by atoms with Crippen LogP contribution in [0.2, 0.25) is 0 Å². The molecule has 1 heterocycles. The Morgan fingerprint density at radius 3 is 2.53 bits per heavy atom. The maximum atomic E-state index is 11.1. The van der Waals surface area contributed by atoms with Crippen molar-refractivity contribution >= 4 is 9.84 Å². The van der Waals surface area contributed by atoms with Gasteiger partial charge < -0.3 is 5.73 Å². The monoisotopic (exact) mass is 259 g/mol. The van der Waals surface area contributed by atoms with Crippen LogP contribution in [0.4, 0.5) is 0 Å². The average Bonchev–Trinajstić information content (AvgIpc) is 2.48. The van der Waals surface area contributed by atoms with Crippen LogP contribution in [0, 0.1) is 13.8 Å². The minimum absolute atomic E-state index is 0.130. The Morgan fingerprint density at radius 1 is 1.35 bits per heavy atom. The van der Waals surface area contributed by atoms with E-state index in [1.54, 1.807) is 4.68 Å². The molecule has 0 aromatic carbocycles. The maximum Gasteiger partial charge on any atom is 0.149 e. The van der Waals surface area contributed by atoms with E-state index in [1.165, 1.54) is 11.8 Å². The van der Waals surface area contributed by atoms with E-state index in [4.69, 9.17) is 5.73 Å². The second-order valence-electron chi connectivity index (χ2n) is 4.39. The van der Waals surface area contributed by atoms with Crippen LogP contribution in [-0.2, 0) is 22.8 Å². The number of aromatic nitrogens is 2. The van der Waals surface area contributed by atoms with Gasteiger partial charge in [0.2, 0.25) is 0 Å². The molecule has 17 heavy (non-hydrogen) atoms. The topological polar surface area (TPSA) is 78.0 Å². The first kappa shape index (κ1) is 14.2. The molecule has 2 N–H and O–H groups in total. The fourth-order valence-corrected chi connectivity index (χ4v) is 2.35. The molecule has 1 rings (SSSR count). The lowest BCUT2D eigenvalue weighted by Gasteiger charge is -2.04. The van der Waals surface area contributed by atoms with E-state index in [9.17, 15) is 8.42 Å². The standard InChI is InChI=1S/C11H21N3O2S/c1-9-11(5-4-6-12)10(2)14(13-9)7-8-17(3,15)16/h4-8,12H2,1-3H3. The van der Waals surface area contributed by atoms with Gasteiger partial charge in [-0.1, -0.05) is 0 Å². The van der Waals surface area contributed by atoms with Crippen LogP contribution in [0.3, 0.4) is 0 Å². The first-order valence-corrected chi connectivity index (χ1v) is 7.82. The van der Waals surface area contributed by atoms with Gasteiger partial charge in [-0.2, -0.15) is 5.10 Å². The summed E-state index contributed by atoms with van der Waals surface area (Å²) < 4.78 is 24.0. The molecule has 0 saturated carbocycles. The second kappa shape index (κ2) is 5.64. The summed E-state index contributed by atoms with van der Waals surface area (Å²) in [7, 11) is -2.94. The van der Waals surface area contributed by atoms with E-state index in [-0.39, 0.29) is 5.75 Å². The van der Waals surface area contributed by atoms with Crippen LogP contribution >= 0.6 is 0 Å². The summed E-state index contributed by atoms with van der Waals surface area (Å²) in [5.41, 5.74) is 8.72. The number of nitrogens with zero attached hydrogens (tertiary/aromatic N) is 2. The fourth-order valence-electron chi connectivity index (χ4n) is 1.84. The summed E-state index contributed by atoms with van der Waals surface area (Å²) in [5, 5.41) is 4.38. The van der Waals surface area contributed by atoms with Gasteiger partial charge in [0.25, 0.3) is 0 Å². The summed E-state index contributed by atoms with van der Waals surface area (Å²) in [6, 6.07) is 0. The maximum absolute atomic E-state index is 11.1. The van der Waals surface area contributed by atoms with Gasteiger partial charge in [0.1, 0.15) is 9.84 Å². The summed E-state index contributed by atoms with van der Waals surface area (Å²) in [6.07, 6.45) is 3.08. The molecule has 0 unspecified atom stereocenters. The zero-order chi connectivity index (χ0) is 13.1. The fraction of sp³-hybridized carbons (Fsp3) is 0.727. The number of sulfone groups is 1. The SMILES string of the molecule is Cc1nn(CCS(C)(=O)=O)c(C)c1CCCN. The third-order valence-corrected chi connectivity index (χ3v) is 3.76. The number of hydrogen-bond acceptors (Lipinski definition) is 4. The van der Waals surface area contributed by atoms with E-state index < -0.39 is 9.84 Å². The van der Waals surface area contributed by atoms with Crippen LogP contribution in [0.25, 0.3) is 0 Å². The van der Waals surface area contributed by atoms with Crippen LogP contribution in [-0.4, -0.2) is 36.8 Å². The molecule has 0 aliphatic heterocycles. The Balaban J connectivity index is 2.81. The molecule has 0 aliphatic rings. The third kappa shape index (κ3) is 4.12. The summed E-state index contributed by atoms with van der Waals surface area (Å²) >= 11 is 0. The minimum atomic E-state index is -2.94. The highest BCUT2D eigenvalue weighted by Crippen LogP contribution is 2.14. The van der Waals surface area contributed by atoms with E-state index in [0.717, 1.165) is 24.2 Å². The number of nitrogens with two attached hydrogens (primary N) is 1. The van der Waals surface area contributed by atoms with Gasteiger partial charge in [-0.25, -0.2) is 8.42 Å². The van der Waals surface area contributed by atoms with Gasteiger partial charge in [0.15, 0.2) is 0 Å². The minimum Gasteiger partial charge on any atom is -0.330 e. The molecule has 0 atom stereocenters. The zero-order valence-electron chi connectivity index (χ0n) is 10.7. The molecular weight excluding hydrogens is 238 g/mol. The molecular formula is C11H21N3O2S. The molecule has 1 aromatic rings. The lowest BCUT2D eigenvalue weighted by molar-refractivity contribution is 0.581. The van der Waals surface area contributed by atoms with E-state index in [2.05, 4.69) is 5.10 Å². The smallest absolute Gasteiger partial charge is 0.149 e. The van der Waals surface area contributed by atoms with Gasteiger partial charge in [-0.3, -0.25) is 4.68 Å². The molecule has 5 nitrogen and oxygen atoms in total. The van der Waals surface area contributed by atoms with Crippen LogP contribution in [0.5, 0.6) is 0 Å². The van der Waals surface area contributed by atoms with E-state index >= 15 is 0 Å². The Bertz CT molecular complexity index is 477. The van der Waals surface area contributed by atoms with Crippen molar-refractivity contribution in [3.63, 3.8) is 0 Å². The summed E-state index contributed by atoms with van der Waals surface area (Å²) in [5.74, 6) is 0.130. The van der Waals surface area contributed by atoms with Gasteiger partial charge >= 0.3 is 0 Å². The predicted octanol–water partition coefficient (Wildman–Crippen LogP) is 0.436. The predicted molar refractivity (Wildman–Crippen MR) is 68.8 cm³/mol. The summed E-state index contributed by atoms with van der Waals surface area (Å²) in [4.78, 5) is 0. The number of aryl methyl sites for hydroxylation is 2. The molecule has 0 fully saturated rings. The molecule has 0 aliphatic carbocycles. The Hall–Kier alpha value is -0.880. The zero-order valence-corrected chi connectivity index (χ0v) is 11.5. The second-order valence-corrected chi connectivity index (χ2v) is 6.65. The normalized spacial score (nSPS) is 12.0. The van der Waals surface area contributed by atoms with Crippen molar-refractivity contribution in [2.45, 2.75) is 33.2 Å². The van der Waals surface area contributed by atoms with Crippen LogP contribution in [0.15, 0.2) is 0 Å². The molecule has 98 valence electrons. The summed E-state index contributed by atoms with van der Waals surface area (Å²) in [6.45, 7) is 5.02. The van der Waals surface area contributed by atoms with Crippen molar-refractivity contribution in [2.24, 2.45) is 5.73 Å². The van der Waals surface area contributed by atoms with E-state index in [0.29, 0.717) is 13.1 Å². The molecule has 0 spiro atoms. The molecule has 0 amide bonds. The average molecular weight is 259 g/mol. The molecule has 0 radical (unpaired) electrons. The van der Waals surface area contributed by atoms with Gasteiger partial charge in [-0.15, -0.1) is 0 Å². The van der Waals surface area contributed by atoms with Crippen molar-refractivity contribution < 1.29 is 8.42 Å². The van der Waals surface area contributed by atoms with Gasteiger partial charge in [0.05, 0.1) is 18.0 Å². The Kier molecular flexibility index (Phi) is 4.70. The van der Waals surface area contributed by atoms with Crippen molar-refractivity contribution in [3.8, 4) is 0 Å². The highest BCUT2D eigenvalue weighted by Gasteiger charge is 2.12. The highest BCUT2D eigenvalue weighted by molar-refractivity contribution is 7.90. The lowest BCUT2D eigenvalue weighted by Crippen LogP contribution is -2.13. The largest absolute Gasteiger partial charge is 0.330 e. The van der Waals surface area contributed by atoms with Crippen molar-refractivity contribution in [1.82, 2.24) is 9.78 Å². The van der Waals surface area contributed by atoms with E-state index in [1.807, 2.05) is 13.8 Å². The molecule has 0 saturated heterocycles. The molecule has 1 aromatic heterocycles. The van der Waals surface area contributed by atoms with Crippen molar-refractivity contribution in [3.05, 3.63) is 17.0 Å². The lowest BCUT2D eigenvalue weighted by atomic mass is 10.1. The Morgan fingerprint density at radius 2 is 2.00 bits per heavy atom. The van der Waals surface area contributed by atoms with Crippen molar-refractivity contribution in [1.29, 1.82) is 0 Å².